The molecule has 7 heteroatoms. The molecule has 0 aliphatic carbocycles. The van der Waals surface area contributed by atoms with Crippen molar-refractivity contribution < 1.29 is 4.21 Å². The van der Waals surface area contributed by atoms with Crippen LogP contribution in [0.4, 0.5) is 5.69 Å². The van der Waals surface area contributed by atoms with E-state index in [9.17, 15) is 4.21 Å². The Hall–Kier alpha value is -1.61. The van der Waals surface area contributed by atoms with Crippen LogP contribution in [0.2, 0.25) is 0 Å². The second-order valence-electron chi connectivity index (χ2n) is 7.41. The molecule has 1 aliphatic rings. The Morgan fingerprint density at radius 2 is 1.73 bits per heavy atom. The summed E-state index contributed by atoms with van der Waals surface area (Å²) in [4.78, 5) is 9.81. The lowest BCUT2D eigenvalue weighted by Gasteiger charge is -2.29. The second-order valence-corrected chi connectivity index (χ2v) is 8.98. The van der Waals surface area contributed by atoms with E-state index in [4.69, 9.17) is 0 Å². The van der Waals surface area contributed by atoms with E-state index >= 15 is 0 Å². The van der Waals surface area contributed by atoms with Crippen LogP contribution >= 0.6 is 24.0 Å². The average molecular weight is 541 g/mol. The van der Waals surface area contributed by atoms with Crippen molar-refractivity contribution in [3.63, 3.8) is 0 Å². The molecule has 164 valence electrons. The molecule has 2 aromatic rings. The van der Waals surface area contributed by atoms with Crippen molar-refractivity contribution in [2.75, 3.05) is 44.4 Å². The molecular formula is C23H33IN4OS. The Labute approximate surface area is 200 Å². The molecule has 1 saturated heterocycles. The summed E-state index contributed by atoms with van der Waals surface area (Å²) in [6, 6.07) is 18.5. The third kappa shape index (κ3) is 7.27. The fourth-order valence-electron chi connectivity index (χ4n) is 3.64. The molecule has 1 unspecified atom stereocenters. The summed E-state index contributed by atoms with van der Waals surface area (Å²) in [7, 11) is 2.81. The zero-order valence-corrected chi connectivity index (χ0v) is 21.1. The third-order valence-corrected chi connectivity index (χ3v) is 6.60. The first-order valence-corrected chi connectivity index (χ1v) is 11.7. The monoisotopic (exact) mass is 540 g/mol. The highest BCUT2D eigenvalue weighted by Crippen LogP contribution is 2.20. The average Bonchev–Trinajstić information content (AvgIpc) is 2.78. The summed E-state index contributed by atoms with van der Waals surface area (Å²) >= 11 is 0. The molecule has 0 radical (unpaired) electrons. The van der Waals surface area contributed by atoms with E-state index < -0.39 is 10.8 Å². The first-order valence-electron chi connectivity index (χ1n) is 10.4. The first-order chi connectivity index (χ1) is 14.2. The van der Waals surface area contributed by atoms with E-state index in [0.29, 0.717) is 12.3 Å². The zero-order valence-electron chi connectivity index (χ0n) is 17.9. The van der Waals surface area contributed by atoms with Crippen molar-refractivity contribution in [2.45, 2.75) is 30.7 Å². The van der Waals surface area contributed by atoms with Gasteiger partial charge < -0.3 is 15.1 Å². The quantitative estimate of drug-likeness (QED) is 0.326. The van der Waals surface area contributed by atoms with E-state index in [1.807, 2.05) is 37.4 Å². The number of halogens is 1. The summed E-state index contributed by atoms with van der Waals surface area (Å²) in [5.41, 5.74) is 2.58. The number of rotatable bonds is 7. The molecule has 0 bridgehead atoms. The number of nitrogens with zero attached hydrogens (tertiary/aromatic N) is 3. The highest BCUT2D eigenvalue weighted by Gasteiger charge is 2.12. The number of anilines is 1. The maximum Gasteiger partial charge on any atom is 0.193 e. The highest BCUT2D eigenvalue weighted by atomic mass is 127. The van der Waals surface area contributed by atoms with Crippen LogP contribution < -0.4 is 10.2 Å². The summed E-state index contributed by atoms with van der Waals surface area (Å²) in [5.74, 6) is 1.37. The highest BCUT2D eigenvalue weighted by molar-refractivity contribution is 14.0. The normalized spacial score (nSPS) is 15.3. The standard InChI is InChI=1S/C23H32N4OS.HI/c1-24-23(25-15-18-29(28)22-9-5-3-6-10-22)26(2)19-20-11-13-21(14-12-20)27-16-7-4-8-17-27;/h3,5-6,9-14H,4,7-8,15-19H2,1-2H3,(H,24,25);1H. The van der Waals surface area contributed by atoms with Crippen LogP contribution in [-0.4, -0.2) is 54.6 Å². The van der Waals surface area contributed by atoms with Crippen LogP contribution in [0, 0.1) is 0 Å². The molecule has 0 saturated carbocycles. The van der Waals surface area contributed by atoms with Crippen molar-refractivity contribution in [1.29, 1.82) is 0 Å². The van der Waals surface area contributed by atoms with Gasteiger partial charge in [0, 0.05) is 56.6 Å². The SMILES string of the molecule is CN=C(NCCS(=O)c1ccccc1)N(C)Cc1ccc(N2CCCCC2)cc1.I. The number of hydrogen-bond acceptors (Lipinski definition) is 3. The van der Waals surface area contributed by atoms with Gasteiger partial charge in [-0.1, -0.05) is 30.3 Å². The van der Waals surface area contributed by atoms with Gasteiger partial charge in [0.05, 0.1) is 10.8 Å². The molecule has 1 heterocycles. The summed E-state index contributed by atoms with van der Waals surface area (Å²) < 4.78 is 12.4. The fraction of sp³-hybridized carbons (Fsp3) is 0.435. The van der Waals surface area contributed by atoms with Gasteiger partial charge in [-0.3, -0.25) is 9.20 Å². The Balaban J connectivity index is 0.00000320. The van der Waals surface area contributed by atoms with Crippen LogP contribution in [0.3, 0.4) is 0 Å². The number of guanidine groups is 1. The minimum absolute atomic E-state index is 0. The van der Waals surface area contributed by atoms with Crippen molar-refractivity contribution in [1.82, 2.24) is 10.2 Å². The van der Waals surface area contributed by atoms with Crippen LogP contribution in [0.15, 0.2) is 64.5 Å². The van der Waals surface area contributed by atoms with Gasteiger partial charge in [0.2, 0.25) is 0 Å². The second kappa shape index (κ2) is 12.9. The van der Waals surface area contributed by atoms with Gasteiger partial charge in [0.25, 0.3) is 0 Å². The van der Waals surface area contributed by atoms with Crippen LogP contribution in [0.25, 0.3) is 0 Å². The lowest BCUT2D eigenvalue weighted by atomic mass is 10.1. The molecule has 1 fully saturated rings. The van der Waals surface area contributed by atoms with Gasteiger partial charge in [-0.2, -0.15) is 0 Å². The van der Waals surface area contributed by atoms with Gasteiger partial charge >= 0.3 is 0 Å². The largest absolute Gasteiger partial charge is 0.372 e. The predicted octanol–water partition coefficient (Wildman–Crippen LogP) is 4.11. The maximum atomic E-state index is 12.4. The van der Waals surface area contributed by atoms with E-state index in [0.717, 1.165) is 17.4 Å². The Bertz CT molecular complexity index is 808. The lowest BCUT2D eigenvalue weighted by Crippen LogP contribution is -2.40. The fourth-order valence-corrected chi connectivity index (χ4v) is 4.63. The summed E-state index contributed by atoms with van der Waals surface area (Å²) in [6.45, 7) is 3.73. The van der Waals surface area contributed by atoms with Crippen molar-refractivity contribution in [3.8, 4) is 0 Å². The maximum absolute atomic E-state index is 12.4. The molecule has 0 spiro atoms. The van der Waals surface area contributed by atoms with Crippen LogP contribution in [0.1, 0.15) is 24.8 Å². The van der Waals surface area contributed by atoms with Crippen LogP contribution in [0.5, 0.6) is 0 Å². The molecular weight excluding hydrogens is 507 g/mol. The molecule has 1 atom stereocenters. The number of benzene rings is 2. The van der Waals surface area contributed by atoms with Crippen molar-refractivity contribution in [2.24, 2.45) is 4.99 Å². The molecule has 30 heavy (non-hydrogen) atoms. The van der Waals surface area contributed by atoms with Crippen molar-refractivity contribution >= 4 is 46.4 Å². The number of nitrogens with one attached hydrogen (secondary N) is 1. The van der Waals surface area contributed by atoms with Crippen LogP contribution in [-0.2, 0) is 17.3 Å². The minimum Gasteiger partial charge on any atom is -0.372 e. The minimum atomic E-state index is -0.999. The molecule has 0 aromatic heterocycles. The molecule has 3 rings (SSSR count). The van der Waals surface area contributed by atoms with E-state index in [-0.39, 0.29) is 24.0 Å². The predicted molar refractivity (Wildman–Crippen MR) is 138 cm³/mol. The summed E-state index contributed by atoms with van der Waals surface area (Å²) in [5, 5.41) is 3.33. The number of hydrogen-bond donors (Lipinski definition) is 1. The Kier molecular flexibility index (Phi) is 10.6. The number of aliphatic imine (C=N–C) groups is 1. The van der Waals surface area contributed by atoms with Gasteiger partial charge in [-0.15, -0.1) is 24.0 Å². The molecule has 1 N–H and O–H groups in total. The number of piperidine rings is 1. The Morgan fingerprint density at radius 3 is 2.37 bits per heavy atom. The topological polar surface area (TPSA) is 47.9 Å². The molecule has 0 amide bonds. The van der Waals surface area contributed by atoms with Gasteiger partial charge in [0.1, 0.15) is 0 Å². The Morgan fingerprint density at radius 1 is 1.07 bits per heavy atom. The van der Waals surface area contributed by atoms with E-state index in [2.05, 4.69) is 44.4 Å². The van der Waals surface area contributed by atoms with Gasteiger partial charge in [0.15, 0.2) is 5.96 Å². The van der Waals surface area contributed by atoms with Gasteiger partial charge in [-0.25, -0.2) is 0 Å². The molecule has 1 aliphatic heterocycles. The van der Waals surface area contributed by atoms with Crippen molar-refractivity contribution in [3.05, 3.63) is 60.2 Å². The lowest BCUT2D eigenvalue weighted by molar-refractivity contribution is 0.479. The smallest absolute Gasteiger partial charge is 0.193 e. The summed E-state index contributed by atoms with van der Waals surface area (Å²) in [6.07, 6.45) is 3.94. The first kappa shape index (κ1) is 24.7. The van der Waals surface area contributed by atoms with E-state index in [1.54, 1.807) is 7.05 Å². The zero-order chi connectivity index (χ0) is 20.5. The molecule has 5 nitrogen and oxygen atoms in total. The van der Waals surface area contributed by atoms with Gasteiger partial charge in [-0.05, 0) is 49.1 Å². The molecule has 2 aromatic carbocycles. The third-order valence-electron chi connectivity index (χ3n) is 5.23. The van der Waals surface area contributed by atoms with E-state index in [1.165, 1.54) is 43.6 Å².